The molecule has 0 unspecified atom stereocenters. The lowest BCUT2D eigenvalue weighted by Crippen LogP contribution is -2.37. The van der Waals surface area contributed by atoms with E-state index in [0.29, 0.717) is 6.04 Å². The lowest BCUT2D eigenvalue weighted by atomic mass is 9.71. The highest BCUT2D eigenvalue weighted by molar-refractivity contribution is 9.10. The Morgan fingerprint density at radius 3 is 2.50 bits per heavy atom. The number of halogens is 1. The summed E-state index contributed by atoms with van der Waals surface area (Å²) < 4.78 is 1.18. The molecule has 1 aromatic carbocycles. The Bertz CT molecular complexity index is 440. The lowest BCUT2D eigenvalue weighted by Gasteiger charge is -2.38. The quantitative estimate of drug-likeness (QED) is 0.757. The summed E-state index contributed by atoms with van der Waals surface area (Å²) in [5.41, 5.74) is 2.14. The molecule has 1 aromatic rings. The average Bonchev–Trinajstić information content (AvgIpc) is 2.90. The van der Waals surface area contributed by atoms with Gasteiger partial charge in [-0.1, -0.05) is 40.9 Å². The summed E-state index contributed by atoms with van der Waals surface area (Å²) in [4.78, 5) is 0. The number of nitrogens with one attached hydrogen (secondary N) is 1. The largest absolute Gasteiger partial charge is 0.307 e. The molecule has 2 heteroatoms. The first-order valence-corrected chi connectivity index (χ1v) is 8.98. The van der Waals surface area contributed by atoms with Crippen molar-refractivity contribution < 1.29 is 0 Å². The van der Waals surface area contributed by atoms with E-state index >= 15 is 0 Å². The Morgan fingerprint density at radius 2 is 1.85 bits per heavy atom. The molecule has 1 atom stereocenters. The monoisotopic (exact) mass is 335 g/mol. The van der Waals surface area contributed by atoms with Gasteiger partial charge in [0.25, 0.3) is 0 Å². The van der Waals surface area contributed by atoms with Crippen LogP contribution in [0.5, 0.6) is 0 Å². The highest BCUT2D eigenvalue weighted by Gasteiger charge is 2.37. The number of benzene rings is 1. The van der Waals surface area contributed by atoms with E-state index in [0.717, 1.165) is 11.5 Å². The molecule has 2 aliphatic rings. The second kappa shape index (κ2) is 6.19. The van der Waals surface area contributed by atoms with Crippen LogP contribution in [0.4, 0.5) is 0 Å². The molecule has 2 saturated carbocycles. The molecule has 110 valence electrons. The van der Waals surface area contributed by atoms with Gasteiger partial charge in [0.15, 0.2) is 0 Å². The fraction of sp³-hybridized carbons (Fsp3) is 0.667. The highest BCUT2D eigenvalue weighted by atomic mass is 79.9. The molecular weight excluding hydrogens is 310 g/mol. The number of hydrogen-bond acceptors (Lipinski definition) is 1. The van der Waals surface area contributed by atoms with Gasteiger partial charge in [-0.15, -0.1) is 0 Å². The third kappa shape index (κ3) is 3.28. The van der Waals surface area contributed by atoms with Gasteiger partial charge in [0.05, 0.1) is 0 Å². The molecule has 1 spiro atoms. The van der Waals surface area contributed by atoms with Crippen molar-refractivity contribution in [3.05, 3.63) is 34.3 Å². The molecule has 20 heavy (non-hydrogen) atoms. The molecule has 0 amide bonds. The summed E-state index contributed by atoms with van der Waals surface area (Å²) in [6.45, 7) is 2.29. The van der Waals surface area contributed by atoms with Gasteiger partial charge < -0.3 is 5.32 Å². The lowest BCUT2D eigenvalue weighted by molar-refractivity contribution is 0.164. The summed E-state index contributed by atoms with van der Waals surface area (Å²) in [6, 6.07) is 9.86. The molecule has 2 aliphatic carbocycles. The second-order valence-corrected chi connectivity index (χ2v) is 7.84. The van der Waals surface area contributed by atoms with Gasteiger partial charge in [0.1, 0.15) is 0 Å². The van der Waals surface area contributed by atoms with Crippen LogP contribution in [0.25, 0.3) is 0 Å². The van der Waals surface area contributed by atoms with Crippen molar-refractivity contribution in [1.82, 2.24) is 5.32 Å². The first-order chi connectivity index (χ1) is 9.67. The number of rotatable bonds is 3. The van der Waals surface area contributed by atoms with Gasteiger partial charge in [-0.05, 0) is 68.6 Å². The van der Waals surface area contributed by atoms with Crippen LogP contribution in [-0.2, 0) is 0 Å². The molecule has 3 rings (SSSR count). The summed E-state index contributed by atoms with van der Waals surface area (Å²) in [5.74, 6) is 0. The van der Waals surface area contributed by atoms with E-state index in [2.05, 4.69) is 52.4 Å². The minimum atomic E-state index is 0.454. The molecule has 1 nitrogen and oxygen atoms in total. The Labute approximate surface area is 131 Å². The Kier molecular flexibility index (Phi) is 4.52. The number of hydrogen-bond donors (Lipinski definition) is 1. The van der Waals surface area contributed by atoms with Crippen molar-refractivity contribution in [2.75, 3.05) is 0 Å². The normalized spacial score (nSPS) is 24.1. The molecule has 0 radical (unpaired) electrons. The predicted molar refractivity (Wildman–Crippen MR) is 88.8 cm³/mol. The van der Waals surface area contributed by atoms with Crippen LogP contribution < -0.4 is 5.32 Å². The van der Waals surface area contributed by atoms with Crippen LogP contribution in [0, 0.1) is 5.41 Å². The molecule has 0 saturated heterocycles. The van der Waals surface area contributed by atoms with Gasteiger partial charge in [0, 0.05) is 16.6 Å². The SMILES string of the molecule is C[C@@H](NC1CCC2(CCCC2)CC1)c1cccc(Br)c1. The van der Waals surface area contributed by atoms with E-state index in [4.69, 9.17) is 0 Å². The third-order valence-electron chi connectivity index (χ3n) is 5.54. The standard InChI is InChI=1S/C18H26BrN/c1-14(15-5-4-6-16(19)13-15)20-17-7-11-18(12-8-17)9-2-3-10-18/h4-6,13-14,17,20H,2-3,7-12H2,1H3/t14-/m1/s1. The van der Waals surface area contributed by atoms with E-state index in [1.807, 2.05) is 0 Å². The van der Waals surface area contributed by atoms with Crippen LogP contribution in [0.2, 0.25) is 0 Å². The van der Waals surface area contributed by atoms with E-state index in [9.17, 15) is 0 Å². The zero-order valence-electron chi connectivity index (χ0n) is 12.5. The first-order valence-electron chi connectivity index (χ1n) is 8.18. The molecule has 2 fully saturated rings. The zero-order valence-corrected chi connectivity index (χ0v) is 14.1. The van der Waals surface area contributed by atoms with Gasteiger partial charge >= 0.3 is 0 Å². The maximum Gasteiger partial charge on any atom is 0.0294 e. The van der Waals surface area contributed by atoms with Crippen LogP contribution >= 0.6 is 15.9 Å². The highest BCUT2D eigenvalue weighted by Crippen LogP contribution is 2.49. The van der Waals surface area contributed by atoms with Gasteiger partial charge in [0.2, 0.25) is 0 Å². The van der Waals surface area contributed by atoms with Crippen molar-refractivity contribution in [2.45, 2.75) is 70.4 Å². The topological polar surface area (TPSA) is 12.0 Å². The molecule has 0 bridgehead atoms. The molecular formula is C18H26BrN. The minimum Gasteiger partial charge on any atom is -0.307 e. The van der Waals surface area contributed by atoms with E-state index in [-0.39, 0.29) is 0 Å². The van der Waals surface area contributed by atoms with E-state index in [1.54, 1.807) is 0 Å². The van der Waals surface area contributed by atoms with Crippen molar-refractivity contribution >= 4 is 15.9 Å². The summed E-state index contributed by atoms with van der Waals surface area (Å²) >= 11 is 3.57. The van der Waals surface area contributed by atoms with Gasteiger partial charge in [-0.3, -0.25) is 0 Å². The van der Waals surface area contributed by atoms with Crippen molar-refractivity contribution in [1.29, 1.82) is 0 Å². The summed E-state index contributed by atoms with van der Waals surface area (Å²) in [6.07, 6.45) is 11.6. The maximum absolute atomic E-state index is 3.85. The fourth-order valence-corrected chi connectivity index (χ4v) is 4.66. The first kappa shape index (κ1) is 14.6. The van der Waals surface area contributed by atoms with Gasteiger partial charge in [-0.25, -0.2) is 0 Å². The average molecular weight is 336 g/mol. The molecule has 0 heterocycles. The van der Waals surface area contributed by atoms with E-state index in [1.165, 1.54) is 61.4 Å². The van der Waals surface area contributed by atoms with Crippen molar-refractivity contribution in [3.8, 4) is 0 Å². The summed E-state index contributed by atoms with van der Waals surface area (Å²) in [7, 11) is 0. The van der Waals surface area contributed by atoms with E-state index < -0.39 is 0 Å². The Morgan fingerprint density at radius 1 is 1.15 bits per heavy atom. The third-order valence-corrected chi connectivity index (χ3v) is 6.04. The van der Waals surface area contributed by atoms with Crippen LogP contribution in [0.15, 0.2) is 28.7 Å². The minimum absolute atomic E-state index is 0.454. The van der Waals surface area contributed by atoms with Crippen molar-refractivity contribution in [2.24, 2.45) is 5.41 Å². The summed E-state index contributed by atoms with van der Waals surface area (Å²) in [5, 5.41) is 3.85. The Balaban J connectivity index is 1.54. The molecule has 0 aliphatic heterocycles. The van der Waals surface area contributed by atoms with Crippen LogP contribution in [-0.4, -0.2) is 6.04 Å². The molecule has 1 N–H and O–H groups in total. The predicted octanol–water partition coefficient (Wildman–Crippen LogP) is 5.60. The van der Waals surface area contributed by atoms with Gasteiger partial charge in [-0.2, -0.15) is 0 Å². The van der Waals surface area contributed by atoms with Crippen LogP contribution in [0.1, 0.15) is 69.9 Å². The Hall–Kier alpha value is -0.340. The smallest absolute Gasteiger partial charge is 0.0294 e. The van der Waals surface area contributed by atoms with Crippen molar-refractivity contribution in [3.63, 3.8) is 0 Å². The zero-order chi connectivity index (χ0) is 14.0. The molecule has 0 aromatic heterocycles. The maximum atomic E-state index is 3.85. The van der Waals surface area contributed by atoms with Crippen LogP contribution in [0.3, 0.4) is 0 Å². The second-order valence-electron chi connectivity index (χ2n) is 6.92. The fourth-order valence-electron chi connectivity index (χ4n) is 4.25.